The maximum atomic E-state index is 12.9. The summed E-state index contributed by atoms with van der Waals surface area (Å²) in [4.78, 5) is 14.8. The van der Waals surface area contributed by atoms with Gasteiger partial charge in [0.15, 0.2) is 11.5 Å². The number of carbonyl (C=O) groups is 1. The molecule has 3 rings (SSSR count). The van der Waals surface area contributed by atoms with Crippen molar-refractivity contribution in [1.29, 1.82) is 0 Å². The summed E-state index contributed by atoms with van der Waals surface area (Å²) in [5, 5.41) is 0. The summed E-state index contributed by atoms with van der Waals surface area (Å²) in [6.07, 6.45) is 1.99. The minimum absolute atomic E-state index is 0. The maximum absolute atomic E-state index is 12.9. The van der Waals surface area contributed by atoms with Crippen molar-refractivity contribution in [2.45, 2.75) is 25.8 Å². The molecule has 0 saturated carbocycles. The van der Waals surface area contributed by atoms with Gasteiger partial charge in [0.2, 0.25) is 0 Å². The summed E-state index contributed by atoms with van der Waals surface area (Å²) in [6.45, 7) is 4.48. The van der Waals surface area contributed by atoms with Gasteiger partial charge in [0.05, 0.1) is 5.56 Å². The Labute approximate surface area is 137 Å². The van der Waals surface area contributed by atoms with E-state index in [1.165, 1.54) is 0 Å². The number of halogens is 1. The molecule has 0 aromatic heterocycles. The molecule has 0 aliphatic carbocycles. The van der Waals surface area contributed by atoms with Crippen LogP contribution < -0.4 is 15.2 Å². The Bertz CT molecular complexity index is 538. The first kappa shape index (κ1) is 16.9. The average Bonchev–Trinajstić information content (AvgIpc) is 2.53. The Kier molecular flexibility index (Phi) is 5.53. The lowest BCUT2D eigenvalue weighted by Gasteiger charge is -2.38. The normalized spacial score (nSPS) is 23.6. The number of hydrogen-bond donors (Lipinski definition) is 1. The maximum Gasteiger partial charge on any atom is 0.258 e. The molecule has 1 fully saturated rings. The van der Waals surface area contributed by atoms with Crippen LogP contribution in [0.1, 0.15) is 30.1 Å². The van der Waals surface area contributed by atoms with Gasteiger partial charge in [0.25, 0.3) is 5.91 Å². The van der Waals surface area contributed by atoms with Crippen molar-refractivity contribution in [2.24, 2.45) is 11.7 Å². The molecule has 0 spiro atoms. The number of nitrogens with zero attached hydrogens (tertiary/aromatic N) is 1. The SMILES string of the molecule is CC1CCN(C(=O)c2cccc3c2OCCO3)C(CN)C1.Cl. The quantitative estimate of drug-likeness (QED) is 0.903. The Morgan fingerprint density at radius 2 is 2.14 bits per heavy atom. The van der Waals surface area contributed by atoms with Gasteiger partial charge in [-0.3, -0.25) is 4.79 Å². The molecule has 22 heavy (non-hydrogen) atoms. The average molecular weight is 327 g/mol. The van der Waals surface area contributed by atoms with Crippen molar-refractivity contribution in [3.05, 3.63) is 23.8 Å². The molecule has 2 unspecified atom stereocenters. The van der Waals surface area contributed by atoms with E-state index in [4.69, 9.17) is 15.2 Å². The van der Waals surface area contributed by atoms with Crippen LogP contribution in [0.4, 0.5) is 0 Å². The molecule has 2 aliphatic rings. The van der Waals surface area contributed by atoms with Crippen LogP contribution in [-0.4, -0.2) is 43.2 Å². The molecule has 2 heterocycles. The zero-order valence-electron chi connectivity index (χ0n) is 12.8. The Morgan fingerprint density at radius 3 is 2.91 bits per heavy atom. The Hall–Kier alpha value is -1.46. The van der Waals surface area contributed by atoms with Crippen molar-refractivity contribution in [3.8, 4) is 11.5 Å². The predicted octanol–water partition coefficient (Wildman–Crippen LogP) is 2.08. The lowest BCUT2D eigenvalue weighted by molar-refractivity contribution is 0.0564. The number of carbonyl (C=O) groups excluding carboxylic acids is 1. The van der Waals surface area contributed by atoms with Gasteiger partial charge >= 0.3 is 0 Å². The number of rotatable bonds is 2. The van der Waals surface area contributed by atoms with Gasteiger partial charge in [-0.15, -0.1) is 12.4 Å². The molecule has 5 nitrogen and oxygen atoms in total. The van der Waals surface area contributed by atoms with Crippen LogP contribution in [0.3, 0.4) is 0 Å². The third-order valence-corrected chi connectivity index (χ3v) is 4.31. The number of hydrogen-bond acceptors (Lipinski definition) is 4. The largest absolute Gasteiger partial charge is 0.486 e. The Morgan fingerprint density at radius 1 is 1.36 bits per heavy atom. The zero-order valence-corrected chi connectivity index (χ0v) is 13.6. The zero-order chi connectivity index (χ0) is 14.8. The van der Waals surface area contributed by atoms with E-state index in [9.17, 15) is 4.79 Å². The second-order valence-corrected chi connectivity index (χ2v) is 5.85. The number of ether oxygens (including phenoxy) is 2. The first-order valence-corrected chi connectivity index (χ1v) is 7.60. The molecular weight excluding hydrogens is 304 g/mol. The highest BCUT2D eigenvalue weighted by Crippen LogP contribution is 2.35. The van der Waals surface area contributed by atoms with E-state index in [0.29, 0.717) is 42.7 Å². The standard InChI is InChI=1S/C16H22N2O3.ClH/c1-11-5-6-18(12(9-11)10-17)16(19)13-3-2-4-14-15(13)21-8-7-20-14;/h2-4,11-12H,5-10,17H2,1H3;1H. The summed E-state index contributed by atoms with van der Waals surface area (Å²) in [7, 11) is 0. The van der Waals surface area contributed by atoms with E-state index in [2.05, 4.69) is 6.92 Å². The van der Waals surface area contributed by atoms with Crippen molar-refractivity contribution in [2.75, 3.05) is 26.3 Å². The fraction of sp³-hybridized carbons (Fsp3) is 0.562. The third-order valence-electron chi connectivity index (χ3n) is 4.31. The second-order valence-electron chi connectivity index (χ2n) is 5.85. The van der Waals surface area contributed by atoms with Crippen molar-refractivity contribution < 1.29 is 14.3 Å². The molecule has 1 aromatic carbocycles. The van der Waals surface area contributed by atoms with E-state index >= 15 is 0 Å². The monoisotopic (exact) mass is 326 g/mol. The molecule has 2 N–H and O–H groups in total. The minimum atomic E-state index is -0.000278. The van der Waals surface area contributed by atoms with Crippen molar-refractivity contribution in [3.63, 3.8) is 0 Å². The summed E-state index contributed by atoms with van der Waals surface area (Å²) in [5.74, 6) is 1.84. The smallest absolute Gasteiger partial charge is 0.258 e. The lowest BCUT2D eigenvalue weighted by Crippen LogP contribution is -2.49. The van der Waals surface area contributed by atoms with E-state index in [1.54, 1.807) is 0 Å². The molecule has 122 valence electrons. The molecular formula is C16H23ClN2O3. The summed E-state index contributed by atoms with van der Waals surface area (Å²) < 4.78 is 11.2. The van der Waals surface area contributed by atoms with Crippen LogP contribution in [0.15, 0.2) is 18.2 Å². The third kappa shape index (κ3) is 3.15. The number of piperidine rings is 1. The first-order valence-electron chi connectivity index (χ1n) is 7.60. The van der Waals surface area contributed by atoms with Crippen LogP contribution in [0, 0.1) is 5.92 Å². The van der Waals surface area contributed by atoms with Crippen LogP contribution in [0.5, 0.6) is 11.5 Å². The van der Waals surface area contributed by atoms with Crippen LogP contribution >= 0.6 is 12.4 Å². The van der Waals surface area contributed by atoms with Crippen molar-refractivity contribution in [1.82, 2.24) is 4.90 Å². The highest BCUT2D eigenvalue weighted by molar-refractivity contribution is 5.98. The molecule has 2 aliphatic heterocycles. The molecule has 0 radical (unpaired) electrons. The first-order chi connectivity index (χ1) is 10.2. The summed E-state index contributed by atoms with van der Waals surface area (Å²) in [6, 6.07) is 5.59. The van der Waals surface area contributed by atoms with E-state index in [-0.39, 0.29) is 24.4 Å². The lowest BCUT2D eigenvalue weighted by atomic mass is 9.91. The topological polar surface area (TPSA) is 64.8 Å². The van der Waals surface area contributed by atoms with E-state index in [1.807, 2.05) is 23.1 Å². The number of fused-ring (bicyclic) bond motifs is 1. The summed E-state index contributed by atoms with van der Waals surface area (Å²) >= 11 is 0. The second kappa shape index (κ2) is 7.20. The van der Waals surface area contributed by atoms with Gasteiger partial charge in [-0.05, 0) is 30.9 Å². The summed E-state index contributed by atoms with van der Waals surface area (Å²) in [5.41, 5.74) is 6.44. The van der Waals surface area contributed by atoms with Gasteiger partial charge in [-0.2, -0.15) is 0 Å². The van der Waals surface area contributed by atoms with Gasteiger partial charge in [-0.25, -0.2) is 0 Å². The fourth-order valence-corrected chi connectivity index (χ4v) is 3.14. The molecule has 0 bridgehead atoms. The highest BCUT2D eigenvalue weighted by atomic mass is 35.5. The number of likely N-dealkylation sites (tertiary alicyclic amines) is 1. The van der Waals surface area contributed by atoms with Gasteiger partial charge in [0, 0.05) is 19.1 Å². The van der Waals surface area contributed by atoms with E-state index < -0.39 is 0 Å². The number of para-hydroxylation sites is 1. The number of benzene rings is 1. The van der Waals surface area contributed by atoms with Crippen LogP contribution in [0.25, 0.3) is 0 Å². The fourth-order valence-electron chi connectivity index (χ4n) is 3.14. The van der Waals surface area contributed by atoms with Gasteiger partial charge in [0.1, 0.15) is 13.2 Å². The molecule has 1 aromatic rings. The van der Waals surface area contributed by atoms with Gasteiger partial charge in [-0.1, -0.05) is 13.0 Å². The molecule has 1 amide bonds. The molecule has 6 heteroatoms. The van der Waals surface area contributed by atoms with Gasteiger partial charge < -0.3 is 20.1 Å². The molecule has 2 atom stereocenters. The minimum Gasteiger partial charge on any atom is -0.486 e. The van der Waals surface area contributed by atoms with Crippen LogP contribution in [0.2, 0.25) is 0 Å². The Balaban J connectivity index is 0.00000176. The molecule has 1 saturated heterocycles. The van der Waals surface area contributed by atoms with Crippen molar-refractivity contribution >= 4 is 18.3 Å². The van der Waals surface area contributed by atoms with E-state index in [0.717, 1.165) is 19.4 Å². The highest BCUT2D eigenvalue weighted by Gasteiger charge is 2.32. The number of amides is 1. The predicted molar refractivity (Wildman–Crippen MR) is 87.0 cm³/mol. The van der Waals surface area contributed by atoms with Crippen LogP contribution in [-0.2, 0) is 0 Å². The number of nitrogens with two attached hydrogens (primary N) is 1.